The maximum absolute atomic E-state index is 12.8. The zero-order valence-electron chi connectivity index (χ0n) is 16.2. The number of hydrogen-bond acceptors (Lipinski definition) is 3. The molecular formula is C21H30N4O. The highest BCUT2D eigenvalue weighted by atomic mass is 16.2. The van der Waals surface area contributed by atoms with E-state index in [-0.39, 0.29) is 5.91 Å². The Kier molecular flexibility index (Phi) is 6.09. The SMILES string of the molecule is Cc1cccc(CC(=O)N2CCC[C@@H](c3nccn3CCN(C)C)C2)c1. The van der Waals surface area contributed by atoms with Crippen molar-refractivity contribution in [2.24, 2.45) is 0 Å². The third-order valence-electron chi connectivity index (χ3n) is 5.11. The van der Waals surface area contributed by atoms with E-state index >= 15 is 0 Å². The fourth-order valence-electron chi connectivity index (χ4n) is 3.70. The van der Waals surface area contributed by atoms with E-state index in [0.717, 1.165) is 50.4 Å². The summed E-state index contributed by atoms with van der Waals surface area (Å²) in [5, 5.41) is 0. The van der Waals surface area contributed by atoms with Gasteiger partial charge < -0.3 is 14.4 Å². The fourth-order valence-corrected chi connectivity index (χ4v) is 3.70. The fraction of sp³-hybridized carbons (Fsp3) is 0.524. The van der Waals surface area contributed by atoms with Crippen LogP contribution < -0.4 is 0 Å². The highest BCUT2D eigenvalue weighted by Gasteiger charge is 2.27. The highest BCUT2D eigenvalue weighted by molar-refractivity contribution is 5.79. The second-order valence-corrected chi connectivity index (χ2v) is 7.63. The summed E-state index contributed by atoms with van der Waals surface area (Å²) in [6.45, 7) is 5.64. The van der Waals surface area contributed by atoms with E-state index in [0.29, 0.717) is 12.3 Å². The predicted octanol–water partition coefficient (Wildman–Crippen LogP) is 2.70. The van der Waals surface area contributed by atoms with Crippen molar-refractivity contribution in [2.45, 2.75) is 38.6 Å². The number of carbonyl (C=O) groups excluding carboxylic acids is 1. The molecule has 140 valence electrons. The number of rotatable bonds is 6. The van der Waals surface area contributed by atoms with Crippen LogP contribution in [0.15, 0.2) is 36.7 Å². The van der Waals surface area contributed by atoms with Crippen molar-refractivity contribution in [3.63, 3.8) is 0 Å². The number of nitrogens with zero attached hydrogens (tertiary/aromatic N) is 4. The Morgan fingerprint density at radius 1 is 1.35 bits per heavy atom. The average Bonchev–Trinajstić information content (AvgIpc) is 3.08. The number of amides is 1. The monoisotopic (exact) mass is 354 g/mol. The molecule has 0 N–H and O–H groups in total. The number of aryl methyl sites for hydroxylation is 1. The summed E-state index contributed by atoms with van der Waals surface area (Å²) in [5.74, 6) is 1.69. The van der Waals surface area contributed by atoms with Crippen molar-refractivity contribution < 1.29 is 4.79 Å². The maximum atomic E-state index is 12.8. The summed E-state index contributed by atoms with van der Waals surface area (Å²) in [6, 6.07) is 8.24. The molecule has 1 fully saturated rings. The predicted molar refractivity (Wildman–Crippen MR) is 104 cm³/mol. The smallest absolute Gasteiger partial charge is 0.227 e. The van der Waals surface area contributed by atoms with E-state index in [4.69, 9.17) is 0 Å². The van der Waals surface area contributed by atoms with Gasteiger partial charge >= 0.3 is 0 Å². The third-order valence-corrected chi connectivity index (χ3v) is 5.11. The van der Waals surface area contributed by atoms with E-state index in [1.54, 1.807) is 0 Å². The van der Waals surface area contributed by atoms with Crippen LogP contribution in [0.2, 0.25) is 0 Å². The number of hydrogen-bond donors (Lipinski definition) is 0. The lowest BCUT2D eigenvalue weighted by atomic mass is 9.96. The summed E-state index contributed by atoms with van der Waals surface area (Å²) in [4.78, 5) is 21.6. The summed E-state index contributed by atoms with van der Waals surface area (Å²) in [7, 11) is 4.17. The molecule has 0 radical (unpaired) electrons. The molecule has 1 aliphatic rings. The lowest BCUT2D eigenvalue weighted by Crippen LogP contribution is -2.40. The van der Waals surface area contributed by atoms with Crippen molar-refractivity contribution in [1.29, 1.82) is 0 Å². The quantitative estimate of drug-likeness (QED) is 0.801. The molecule has 1 aliphatic heterocycles. The third kappa shape index (κ3) is 4.73. The molecule has 0 aliphatic carbocycles. The van der Waals surface area contributed by atoms with Crippen LogP contribution in [0.3, 0.4) is 0 Å². The lowest BCUT2D eigenvalue weighted by molar-refractivity contribution is -0.131. The van der Waals surface area contributed by atoms with Crippen LogP contribution in [0.5, 0.6) is 0 Å². The van der Waals surface area contributed by atoms with E-state index in [1.165, 1.54) is 5.56 Å². The molecule has 0 unspecified atom stereocenters. The molecule has 0 saturated carbocycles. The van der Waals surface area contributed by atoms with Gasteiger partial charge in [-0.3, -0.25) is 4.79 Å². The van der Waals surface area contributed by atoms with Crippen molar-refractivity contribution in [1.82, 2.24) is 19.4 Å². The van der Waals surface area contributed by atoms with Gasteiger partial charge in [-0.05, 0) is 39.4 Å². The number of piperidine rings is 1. The molecule has 5 nitrogen and oxygen atoms in total. The largest absolute Gasteiger partial charge is 0.342 e. The first-order valence-corrected chi connectivity index (χ1v) is 9.52. The zero-order valence-corrected chi connectivity index (χ0v) is 16.2. The first-order valence-electron chi connectivity index (χ1n) is 9.52. The second-order valence-electron chi connectivity index (χ2n) is 7.63. The molecule has 0 bridgehead atoms. The summed E-state index contributed by atoms with van der Waals surface area (Å²) >= 11 is 0. The molecule has 1 saturated heterocycles. The normalized spacial score (nSPS) is 17.7. The Hall–Kier alpha value is -2.14. The molecule has 5 heteroatoms. The van der Waals surface area contributed by atoms with Crippen LogP contribution in [0, 0.1) is 6.92 Å². The minimum atomic E-state index is 0.228. The minimum Gasteiger partial charge on any atom is -0.342 e. The van der Waals surface area contributed by atoms with Crippen molar-refractivity contribution in [3.05, 3.63) is 53.6 Å². The number of likely N-dealkylation sites (N-methyl/N-ethyl adjacent to an activating group) is 1. The van der Waals surface area contributed by atoms with Crippen molar-refractivity contribution in [3.8, 4) is 0 Å². The van der Waals surface area contributed by atoms with Crippen LogP contribution in [-0.2, 0) is 17.8 Å². The topological polar surface area (TPSA) is 41.4 Å². The van der Waals surface area contributed by atoms with Crippen molar-refractivity contribution >= 4 is 5.91 Å². The number of aromatic nitrogens is 2. The highest BCUT2D eigenvalue weighted by Crippen LogP contribution is 2.26. The molecular weight excluding hydrogens is 324 g/mol. The zero-order chi connectivity index (χ0) is 18.5. The Morgan fingerprint density at radius 2 is 2.19 bits per heavy atom. The molecule has 2 aromatic rings. The van der Waals surface area contributed by atoms with Crippen LogP contribution >= 0.6 is 0 Å². The number of imidazole rings is 1. The lowest BCUT2D eigenvalue weighted by Gasteiger charge is -2.33. The van der Waals surface area contributed by atoms with Crippen LogP contribution in [0.4, 0.5) is 0 Å². The van der Waals surface area contributed by atoms with Gasteiger partial charge in [0.05, 0.1) is 6.42 Å². The molecule has 2 heterocycles. The van der Waals surface area contributed by atoms with Crippen LogP contribution in [0.1, 0.15) is 35.7 Å². The van der Waals surface area contributed by atoms with Crippen LogP contribution in [0.25, 0.3) is 0 Å². The minimum absolute atomic E-state index is 0.228. The molecule has 0 spiro atoms. The summed E-state index contributed by atoms with van der Waals surface area (Å²) < 4.78 is 2.25. The number of carbonyl (C=O) groups is 1. The van der Waals surface area contributed by atoms with Gasteiger partial charge in [-0.1, -0.05) is 29.8 Å². The van der Waals surface area contributed by atoms with Gasteiger partial charge in [0, 0.05) is 44.5 Å². The van der Waals surface area contributed by atoms with Crippen molar-refractivity contribution in [2.75, 3.05) is 33.7 Å². The van der Waals surface area contributed by atoms with E-state index in [9.17, 15) is 4.79 Å². The molecule has 26 heavy (non-hydrogen) atoms. The van der Waals surface area contributed by atoms with Gasteiger partial charge in [0.25, 0.3) is 0 Å². The van der Waals surface area contributed by atoms with Gasteiger partial charge in [0.2, 0.25) is 5.91 Å². The summed E-state index contributed by atoms with van der Waals surface area (Å²) in [5.41, 5.74) is 2.30. The Labute approximate surface area is 156 Å². The first-order chi connectivity index (χ1) is 12.5. The van der Waals surface area contributed by atoms with Gasteiger partial charge in [-0.15, -0.1) is 0 Å². The standard InChI is InChI=1S/C21H30N4O/c1-17-6-4-7-18(14-17)15-20(26)25-10-5-8-19(16-25)21-22-9-11-24(21)13-12-23(2)3/h4,6-7,9,11,14,19H,5,8,10,12-13,15-16H2,1-3H3/t19-/m1/s1. The Morgan fingerprint density at radius 3 is 2.96 bits per heavy atom. The number of benzene rings is 1. The van der Waals surface area contributed by atoms with E-state index in [1.807, 2.05) is 23.2 Å². The van der Waals surface area contributed by atoms with E-state index < -0.39 is 0 Å². The van der Waals surface area contributed by atoms with Gasteiger partial charge in [-0.25, -0.2) is 4.98 Å². The Bertz CT molecular complexity index is 737. The van der Waals surface area contributed by atoms with Gasteiger partial charge in [0.15, 0.2) is 0 Å². The van der Waals surface area contributed by atoms with E-state index in [2.05, 4.69) is 53.8 Å². The summed E-state index contributed by atoms with van der Waals surface area (Å²) in [6.07, 6.45) is 6.59. The molecule has 1 atom stereocenters. The average molecular weight is 354 g/mol. The molecule has 1 aromatic carbocycles. The number of likely N-dealkylation sites (tertiary alicyclic amines) is 1. The molecule has 3 rings (SSSR count). The van der Waals surface area contributed by atoms with Gasteiger partial charge in [-0.2, -0.15) is 0 Å². The maximum Gasteiger partial charge on any atom is 0.227 e. The van der Waals surface area contributed by atoms with Gasteiger partial charge in [0.1, 0.15) is 5.82 Å². The Balaban J connectivity index is 1.64. The molecule has 1 aromatic heterocycles. The second kappa shape index (κ2) is 8.49. The first kappa shape index (κ1) is 18.6. The van der Waals surface area contributed by atoms with Crippen LogP contribution in [-0.4, -0.2) is 59.0 Å². The molecule has 1 amide bonds.